The predicted octanol–water partition coefficient (Wildman–Crippen LogP) is 19.3. The molecule has 0 spiro atoms. The van der Waals surface area contributed by atoms with E-state index in [4.69, 9.17) is 9.15 Å². The molecule has 4 bridgehead atoms. The maximum absolute atomic E-state index is 7.09. The average Bonchev–Trinajstić information content (AvgIpc) is 4.03. The van der Waals surface area contributed by atoms with E-state index < -0.39 is 0 Å². The number of para-hydroxylation sites is 5. The summed E-state index contributed by atoms with van der Waals surface area (Å²) in [5.41, 5.74) is 18.0. The zero-order valence-electron chi connectivity index (χ0n) is 40.9. The number of hydrogen-bond acceptors (Lipinski definition) is 4. The number of allylic oxidation sites excluding steroid dienone is 2. The van der Waals surface area contributed by atoms with Crippen molar-refractivity contribution in [1.82, 2.24) is 0 Å². The molecule has 0 amide bonds. The highest BCUT2D eigenvalue weighted by Gasteiger charge is 2.37. The molecule has 2 aliphatic heterocycles. The minimum Gasteiger partial charge on any atom is -0.483 e. The third-order valence-corrected chi connectivity index (χ3v) is 16.1. The van der Waals surface area contributed by atoms with Crippen LogP contribution in [0.1, 0.15) is 60.8 Å². The molecule has 1 aromatic heterocycles. The van der Waals surface area contributed by atoms with Crippen molar-refractivity contribution in [2.24, 2.45) is 0 Å². The van der Waals surface area contributed by atoms with Crippen molar-refractivity contribution in [3.63, 3.8) is 0 Å². The Morgan fingerprint density at radius 1 is 0.479 bits per heavy atom. The first-order chi connectivity index (χ1) is 36.0. The van der Waals surface area contributed by atoms with Crippen LogP contribution in [0, 0.1) is 0 Å². The number of anilines is 6. The van der Waals surface area contributed by atoms with E-state index in [1.165, 1.54) is 65.7 Å². The Hall–Kier alpha value is -8.86. The molecule has 0 saturated heterocycles. The quantitative estimate of drug-likeness (QED) is 0.155. The summed E-state index contributed by atoms with van der Waals surface area (Å²) in [4.78, 5) is 5.02. The van der Waals surface area contributed by atoms with Gasteiger partial charge in [-0.1, -0.05) is 197 Å². The van der Waals surface area contributed by atoms with Gasteiger partial charge >= 0.3 is 0 Å². The molecule has 11 aromatic carbocycles. The molecule has 348 valence electrons. The molecule has 3 heterocycles. The van der Waals surface area contributed by atoms with E-state index in [0.29, 0.717) is 0 Å². The molecule has 0 saturated carbocycles. The van der Waals surface area contributed by atoms with Gasteiger partial charge in [0.05, 0.1) is 34.1 Å². The molecule has 0 radical (unpaired) electrons. The SMILES string of the molecule is CC(C)c1cc(N(c2ccccc2-c2ccccc2)c2cccc3c2OC2C=CC=CC32)c2ccc3c4cc(c5ccc1c2c35)N(c1cccc2c1oc1ccccc12)c1ccccc1-c1cccc(c1)C4C. The maximum atomic E-state index is 7.09. The third-order valence-electron chi connectivity index (χ3n) is 16.1. The topological polar surface area (TPSA) is 28.9 Å². The van der Waals surface area contributed by atoms with Gasteiger partial charge in [-0.05, 0) is 104 Å². The Kier molecular flexibility index (Phi) is 9.22. The lowest BCUT2D eigenvalue weighted by Gasteiger charge is -2.34. The average molecular weight is 939 g/mol. The van der Waals surface area contributed by atoms with Crippen molar-refractivity contribution in [3.05, 3.63) is 247 Å². The molecule has 15 rings (SSSR count). The van der Waals surface area contributed by atoms with Crippen LogP contribution in [0.5, 0.6) is 5.75 Å². The van der Waals surface area contributed by atoms with Gasteiger partial charge in [-0.3, -0.25) is 0 Å². The number of rotatable bonds is 6. The summed E-state index contributed by atoms with van der Waals surface area (Å²) < 4.78 is 14.0. The van der Waals surface area contributed by atoms with Crippen molar-refractivity contribution >= 4 is 88.4 Å². The van der Waals surface area contributed by atoms with Gasteiger partial charge in [-0.15, -0.1) is 0 Å². The second-order valence-electron chi connectivity index (χ2n) is 20.4. The Morgan fingerprint density at radius 2 is 1.16 bits per heavy atom. The number of hydrogen-bond donors (Lipinski definition) is 0. The number of nitrogens with zero attached hydrogens (tertiary/aromatic N) is 2. The summed E-state index contributed by atoms with van der Waals surface area (Å²) in [7, 11) is 0. The van der Waals surface area contributed by atoms with Gasteiger partial charge in [0.25, 0.3) is 0 Å². The van der Waals surface area contributed by atoms with Gasteiger partial charge in [0.2, 0.25) is 0 Å². The van der Waals surface area contributed by atoms with Crippen molar-refractivity contribution in [2.75, 3.05) is 9.80 Å². The summed E-state index contributed by atoms with van der Waals surface area (Å²) in [5.74, 6) is 1.36. The number of fused-ring (bicyclic) bond motifs is 14. The fourth-order valence-electron chi connectivity index (χ4n) is 12.7. The van der Waals surface area contributed by atoms with E-state index in [1.807, 2.05) is 0 Å². The summed E-state index contributed by atoms with van der Waals surface area (Å²) in [6, 6.07) is 74.2. The van der Waals surface area contributed by atoms with Gasteiger partial charge in [0.15, 0.2) is 5.58 Å². The predicted molar refractivity (Wildman–Crippen MR) is 305 cm³/mol. The first-order valence-electron chi connectivity index (χ1n) is 25.8. The summed E-state index contributed by atoms with van der Waals surface area (Å²) >= 11 is 0. The van der Waals surface area contributed by atoms with Crippen LogP contribution in [0.4, 0.5) is 34.1 Å². The highest BCUT2D eigenvalue weighted by molar-refractivity contribution is 6.30. The molecule has 3 atom stereocenters. The lowest BCUT2D eigenvalue weighted by Crippen LogP contribution is -2.16. The van der Waals surface area contributed by atoms with Gasteiger partial charge in [-0.2, -0.15) is 0 Å². The van der Waals surface area contributed by atoms with Crippen LogP contribution >= 0.6 is 0 Å². The first kappa shape index (κ1) is 41.9. The molecule has 73 heavy (non-hydrogen) atoms. The molecule has 0 N–H and O–H groups in total. The molecule has 1 aliphatic carbocycles. The van der Waals surface area contributed by atoms with Crippen molar-refractivity contribution < 1.29 is 9.15 Å². The van der Waals surface area contributed by atoms with Crippen LogP contribution in [0.25, 0.3) is 76.5 Å². The van der Waals surface area contributed by atoms with Crippen LogP contribution in [-0.2, 0) is 0 Å². The Bertz CT molecular complexity index is 4270. The molecule has 0 fully saturated rings. The number of ether oxygens (including phenoxy) is 1. The Labute approximate surface area is 424 Å². The zero-order valence-corrected chi connectivity index (χ0v) is 40.9. The fraction of sp³-hybridized carbons (Fsp3) is 0.101. The second kappa shape index (κ2) is 16.1. The van der Waals surface area contributed by atoms with Gasteiger partial charge in [0.1, 0.15) is 17.4 Å². The van der Waals surface area contributed by atoms with E-state index in [2.05, 4.69) is 255 Å². The van der Waals surface area contributed by atoms with Crippen molar-refractivity contribution in [1.29, 1.82) is 0 Å². The molecular weight excluding hydrogens is 889 g/mol. The van der Waals surface area contributed by atoms with Crippen molar-refractivity contribution in [2.45, 2.75) is 44.6 Å². The first-order valence-corrected chi connectivity index (χ1v) is 25.8. The maximum Gasteiger partial charge on any atom is 0.159 e. The third kappa shape index (κ3) is 6.20. The van der Waals surface area contributed by atoms with E-state index in [-0.39, 0.29) is 23.9 Å². The van der Waals surface area contributed by atoms with Crippen LogP contribution in [0.3, 0.4) is 0 Å². The summed E-state index contributed by atoms with van der Waals surface area (Å²) in [5, 5.41) is 9.65. The minimum atomic E-state index is -0.0650. The highest BCUT2D eigenvalue weighted by Crippen LogP contribution is 2.57. The van der Waals surface area contributed by atoms with Crippen molar-refractivity contribution in [3.8, 4) is 28.0 Å². The molecule has 4 heteroatoms. The number of benzene rings is 11. The largest absolute Gasteiger partial charge is 0.483 e. The number of furan rings is 1. The lowest BCUT2D eigenvalue weighted by molar-refractivity contribution is 0.269. The monoisotopic (exact) mass is 938 g/mol. The van der Waals surface area contributed by atoms with E-state index >= 15 is 0 Å². The molecule has 3 unspecified atom stereocenters. The van der Waals surface area contributed by atoms with Crippen LogP contribution in [0.2, 0.25) is 0 Å². The van der Waals surface area contributed by atoms with E-state index in [1.54, 1.807) is 0 Å². The zero-order chi connectivity index (χ0) is 48.5. The van der Waals surface area contributed by atoms with Gasteiger partial charge in [-0.25, -0.2) is 0 Å². The Morgan fingerprint density at radius 3 is 2.07 bits per heavy atom. The van der Waals surface area contributed by atoms with E-state index in [9.17, 15) is 0 Å². The Balaban J connectivity index is 1.09. The minimum absolute atomic E-state index is 0.0650. The van der Waals surface area contributed by atoms with Crippen LogP contribution in [0.15, 0.2) is 229 Å². The van der Waals surface area contributed by atoms with E-state index in [0.717, 1.165) is 72.9 Å². The fourth-order valence-corrected chi connectivity index (χ4v) is 12.7. The van der Waals surface area contributed by atoms with Crippen LogP contribution < -0.4 is 14.5 Å². The second-order valence-corrected chi connectivity index (χ2v) is 20.4. The van der Waals surface area contributed by atoms with Gasteiger partial charge in [0, 0.05) is 50.1 Å². The molecule has 4 nitrogen and oxygen atoms in total. The summed E-state index contributed by atoms with van der Waals surface area (Å²) in [6.45, 7) is 7.07. The molecule has 12 aromatic rings. The lowest BCUT2D eigenvalue weighted by atomic mass is 9.81. The van der Waals surface area contributed by atoms with Gasteiger partial charge < -0.3 is 19.0 Å². The smallest absolute Gasteiger partial charge is 0.159 e. The van der Waals surface area contributed by atoms with Crippen LogP contribution in [-0.4, -0.2) is 6.10 Å². The molecule has 3 aliphatic rings. The summed E-state index contributed by atoms with van der Waals surface area (Å²) in [6.07, 6.45) is 8.70. The highest BCUT2D eigenvalue weighted by atomic mass is 16.5. The normalized spacial score (nSPS) is 16.7. The standard InChI is InChI=1S/C69H50N2O2/c1-41(2)56-39-62(70(58-28-11-7-22-46(58)43-18-5-4-6-19-43)60-30-16-26-52-48-24-9-13-32-64(48)72-68(52)60)54-37-35-51-57-40-63(55-36-34-50(56)66(54)67(51)55)71(61-31-17-27-53-49-25-10-14-33-65(49)73-69(53)61)59-29-12-8-23-47(59)45-21-15-20-44(38-45)42(57)3/h4-42,48,64H,1-3H3. The molecular formula is C69H50N2O2.